The Morgan fingerprint density at radius 3 is 1.87 bits per heavy atom. The molecule has 38 heavy (non-hydrogen) atoms. The van der Waals surface area contributed by atoms with Crippen LogP contribution in [0.4, 0.5) is 42.6 Å². The number of benzene rings is 2. The van der Waals surface area contributed by atoms with E-state index in [-0.39, 0.29) is 5.69 Å². The normalized spacial score (nSPS) is 14.5. The third-order valence-corrected chi connectivity index (χ3v) is 6.35. The molecule has 1 fully saturated rings. The lowest BCUT2D eigenvalue weighted by atomic mass is 10.1. The number of carbonyl (C=O) groups excluding carboxylic acids is 1. The van der Waals surface area contributed by atoms with Gasteiger partial charge in [0.25, 0.3) is 0 Å². The highest BCUT2D eigenvalue weighted by molar-refractivity contribution is 5.89. The first-order valence-corrected chi connectivity index (χ1v) is 11.9. The number of rotatable bonds is 4. The van der Waals surface area contributed by atoms with Gasteiger partial charge in [-0.1, -0.05) is 19.1 Å². The minimum Gasteiger partial charge on any atom is -0.353 e. The van der Waals surface area contributed by atoms with Crippen molar-refractivity contribution in [2.45, 2.75) is 32.6 Å². The van der Waals surface area contributed by atoms with Gasteiger partial charge in [0.15, 0.2) is 5.82 Å². The number of alkyl halides is 6. The second-order valence-electron chi connectivity index (χ2n) is 8.84. The molecule has 2 aromatic carbocycles. The van der Waals surface area contributed by atoms with Crippen LogP contribution in [0.5, 0.6) is 0 Å². The van der Waals surface area contributed by atoms with E-state index in [1.165, 1.54) is 24.3 Å². The summed E-state index contributed by atoms with van der Waals surface area (Å²) in [5.74, 6) is 0.976. The van der Waals surface area contributed by atoms with Crippen molar-refractivity contribution < 1.29 is 31.1 Å². The summed E-state index contributed by atoms with van der Waals surface area (Å²) in [5, 5.41) is 2.62. The Hall–Kier alpha value is -3.83. The minimum absolute atomic E-state index is 0.256. The Morgan fingerprint density at radius 2 is 1.37 bits per heavy atom. The van der Waals surface area contributed by atoms with Gasteiger partial charge in [-0.25, -0.2) is 14.8 Å². The predicted octanol–water partition coefficient (Wildman–Crippen LogP) is 6.41. The summed E-state index contributed by atoms with van der Waals surface area (Å²) in [4.78, 5) is 25.4. The molecule has 0 unspecified atom stereocenters. The van der Waals surface area contributed by atoms with Crippen LogP contribution >= 0.6 is 0 Å². The molecule has 0 saturated carbocycles. The van der Waals surface area contributed by atoms with E-state index < -0.39 is 29.5 Å². The van der Waals surface area contributed by atoms with Gasteiger partial charge in [-0.3, -0.25) is 0 Å². The molecular weight excluding hydrogens is 512 g/mol. The number of halogens is 6. The second-order valence-corrected chi connectivity index (χ2v) is 8.84. The second kappa shape index (κ2) is 10.5. The molecule has 0 aliphatic carbocycles. The summed E-state index contributed by atoms with van der Waals surface area (Å²) in [5.41, 5.74) is 0.782. The van der Waals surface area contributed by atoms with E-state index >= 15 is 0 Å². The number of hydrogen-bond donors (Lipinski definition) is 1. The first kappa shape index (κ1) is 27.2. The van der Waals surface area contributed by atoms with Gasteiger partial charge in [-0.05, 0) is 49.7 Å². The first-order chi connectivity index (χ1) is 17.9. The smallest absolute Gasteiger partial charge is 0.353 e. The van der Waals surface area contributed by atoms with Crippen molar-refractivity contribution in [2.75, 3.05) is 36.4 Å². The van der Waals surface area contributed by atoms with Crippen LogP contribution in [0.25, 0.3) is 11.4 Å². The first-order valence-electron chi connectivity index (χ1n) is 11.9. The van der Waals surface area contributed by atoms with E-state index in [9.17, 15) is 31.1 Å². The zero-order valence-electron chi connectivity index (χ0n) is 20.6. The standard InChI is InChI=1S/C26H25F6N5O/c1-3-21-16(2)33-22(17-4-6-18(7-5-17)25(27,28)29)35-23(21)36-12-14-37(15-13-36)24(38)34-20-10-8-19(9-11-20)26(30,31)32/h4-11H,3,12-15H2,1-2H3,(H,34,38). The van der Waals surface area contributed by atoms with Crippen molar-refractivity contribution >= 4 is 17.5 Å². The monoisotopic (exact) mass is 537 g/mol. The highest BCUT2D eigenvalue weighted by Gasteiger charge is 2.31. The van der Waals surface area contributed by atoms with E-state index in [2.05, 4.69) is 15.3 Å². The number of hydrogen-bond acceptors (Lipinski definition) is 4. The maximum Gasteiger partial charge on any atom is 0.416 e. The number of aromatic nitrogens is 2. The number of amides is 2. The highest BCUT2D eigenvalue weighted by Crippen LogP contribution is 2.32. The average Bonchev–Trinajstić information content (AvgIpc) is 2.87. The number of urea groups is 1. The van der Waals surface area contributed by atoms with Crippen LogP contribution < -0.4 is 10.2 Å². The summed E-state index contributed by atoms with van der Waals surface area (Å²) in [6.07, 6.45) is -8.25. The molecule has 1 N–H and O–H groups in total. The van der Waals surface area contributed by atoms with Gasteiger partial charge in [0.2, 0.25) is 0 Å². The SMILES string of the molecule is CCc1c(C)nc(-c2ccc(C(F)(F)F)cc2)nc1N1CCN(C(=O)Nc2ccc(C(F)(F)F)cc2)CC1. The highest BCUT2D eigenvalue weighted by atomic mass is 19.4. The predicted molar refractivity (Wildman–Crippen MR) is 131 cm³/mol. The summed E-state index contributed by atoms with van der Waals surface area (Å²) >= 11 is 0. The number of nitrogens with one attached hydrogen (secondary N) is 1. The third kappa shape index (κ3) is 6.00. The van der Waals surface area contributed by atoms with Gasteiger partial charge >= 0.3 is 18.4 Å². The maximum absolute atomic E-state index is 12.9. The quantitative estimate of drug-likeness (QED) is 0.391. The van der Waals surface area contributed by atoms with E-state index in [0.29, 0.717) is 49.8 Å². The Balaban J connectivity index is 1.46. The average molecular weight is 538 g/mol. The number of aryl methyl sites for hydroxylation is 1. The van der Waals surface area contributed by atoms with Crippen LogP contribution in [0.2, 0.25) is 0 Å². The van der Waals surface area contributed by atoms with Crippen molar-refractivity contribution in [1.82, 2.24) is 14.9 Å². The fraction of sp³-hybridized carbons (Fsp3) is 0.346. The van der Waals surface area contributed by atoms with E-state index in [0.717, 1.165) is 35.5 Å². The Morgan fingerprint density at radius 1 is 0.842 bits per heavy atom. The summed E-state index contributed by atoms with van der Waals surface area (Å²) in [6, 6.07) is 8.48. The zero-order chi connectivity index (χ0) is 27.7. The Kier molecular flexibility index (Phi) is 7.52. The summed E-state index contributed by atoms with van der Waals surface area (Å²) < 4.78 is 77.1. The molecule has 2 amide bonds. The molecule has 1 aliphatic heterocycles. The number of piperazine rings is 1. The van der Waals surface area contributed by atoms with Crippen molar-refractivity contribution in [3.63, 3.8) is 0 Å². The molecule has 1 aromatic heterocycles. The molecule has 202 valence electrons. The third-order valence-electron chi connectivity index (χ3n) is 6.35. The maximum atomic E-state index is 12.9. The molecule has 2 heterocycles. The largest absolute Gasteiger partial charge is 0.416 e. The topological polar surface area (TPSA) is 61.4 Å². The minimum atomic E-state index is -4.46. The molecule has 0 bridgehead atoms. The van der Waals surface area contributed by atoms with E-state index in [4.69, 9.17) is 0 Å². The fourth-order valence-corrected chi connectivity index (χ4v) is 4.26. The Bertz CT molecular complexity index is 1280. The molecule has 0 radical (unpaired) electrons. The van der Waals surface area contributed by atoms with E-state index in [1.807, 2.05) is 18.7 Å². The molecule has 1 aliphatic rings. The molecule has 0 atom stereocenters. The van der Waals surface area contributed by atoms with Crippen molar-refractivity contribution in [2.24, 2.45) is 0 Å². The van der Waals surface area contributed by atoms with Gasteiger partial charge in [0.05, 0.1) is 11.1 Å². The van der Waals surface area contributed by atoms with Crippen molar-refractivity contribution in [3.05, 3.63) is 70.9 Å². The van der Waals surface area contributed by atoms with Crippen LogP contribution in [-0.4, -0.2) is 47.1 Å². The van der Waals surface area contributed by atoms with Crippen LogP contribution in [-0.2, 0) is 18.8 Å². The zero-order valence-corrected chi connectivity index (χ0v) is 20.6. The fourth-order valence-electron chi connectivity index (χ4n) is 4.26. The van der Waals surface area contributed by atoms with Crippen LogP contribution in [0.15, 0.2) is 48.5 Å². The van der Waals surface area contributed by atoms with Gasteiger partial charge in [0, 0.05) is 48.7 Å². The van der Waals surface area contributed by atoms with E-state index in [1.54, 1.807) is 4.90 Å². The van der Waals surface area contributed by atoms with Gasteiger partial charge < -0.3 is 15.1 Å². The molecule has 6 nitrogen and oxygen atoms in total. The lowest BCUT2D eigenvalue weighted by Crippen LogP contribution is -2.50. The lowest BCUT2D eigenvalue weighted by molar-refractivity contribution is -0.138. The van der Waals surface area contributed by atoms with Crippen molar-refractivity contribution in [3.8, 4) is 11.4 Å². The summed E-state index contributed by atoms with van der Waals surface area (Å²) in [7, 11) is 0. The number of anilines is 2. The number of nitrogens with zero attached hydrogens (tertiary/aromatic N) is 4. The van der Waals surface area contributed by atoms with Crippen LogP contribution in [0.1, 0.15) is 29.3 Å². The van der Waals surface area contributed by atoms with Crippen LogP contribution in [0.3, 0.4) is 0 Å². The molecule has 3 aromatic rings. The number of carbonyl (C=O) groups is 1. The lowest BCUT2D eigenvalue weighted by Gasteiger charge is -2.36. The molecule has 12 heteroatoms. The van der Waals surface area contributed by atoms with Crippen LogP contribution in [0, 0.1) is 6.92 Å². The molecular formula is C26H25F6N5O. The van der Waals surface area contributed by atoms with Gasteiger partial charge in [-0.2, -0.15) is 26.3 Å². The molecule has 1 saturated heterocycles. The van der Waals surface area contributed by atoms with Gasteiger partial charge in [-0.15, -0.1) is 0 Å². The molecule has 4 rings (SSSR count). The summed E-state index contributed by atoms with van der Waals surface area (Å²) in [6.45, 7) is 5.35. The molecule has 0 spiro atoms. The Labute approximate surface area is 215 Å². The van der Waals surface area contributed by atoms with Gasteiger partial charge in [0.1, 0.15) is 5.82 Å². The van der Waals surface area contributed by atoms with Crippen molar-refractivity contribution in [1.29, 1.82) is 0 Å².